The number of hydrogen-bond acceptors (Lipinski definition) is 13. The van der Waals surface area contributed by atoms with Crippen molar-refractivity contribution >= 4 is 69.5 Å². The number of carbonyl (C=O) groups is 6. The van der Waals surface area contributed by atoms with E-state index in [0.717, 1.165) is 5.56 Å². The monoisotopic (exact) mass is 819 g/mol. The van der Waals surface area contributed by atoms with Gasteiger partial charge in [-0.1, -0.05) is 47.8 Å². The van der Waals surface area contributed by atoms with Crippen LogP contribution < -0.4 is 0 Å². The minimum Gasteiger partial charge on any atom is -0.287 e. The highest BCUT2D eigenvalue weighted by Gasteiger charge is 2.41. The Hall–Kier alpha value is -6.12. The quantitative estimate of drug-likeness (QED) is 0.171. The van der Waals surface area contributed by atoms with Crippen molar-refractivity contribution in [1.29, 1.82) is 0 Å². The molecule has 0 N–H and O–H groups in total. The van der Waals surface area contributed by atoms with E-state index < -0.39 is 0 Å². The lowest BCUT2D eigenvalue weighted by Gasteiger charge is -2.36. The summed E-state index contributed by atoms with van der Waals surface area (Å²) in [6.45, 7) is 5.47. The lowest BCUT2D eigenvalue weighted by Crippen LogP contribution is -2.42. The van der Waals surface area contributed by atoms with Crippen molar-refractivity contribution in [2.75, 3.05) is 14.1 Å². The summed E-state index contributed by atoms with van der Waals surface area (Å²) in [6, 6.07) is 7.85. The van der Waals surface area contributed by atoms with Crippen molar-refractivity contribution in [2.24, 2.45) is 5.92 Å². The van der Waals surface area contributed by atoms with Gasteiger partial charge in [-0.15, -0.1) is 0 Å². The number of nitrogens with zero attached hydrogens (tertiary/aromatic N) is 7. The Morgan fingerprint density at radius 3 is 1.60 bits per heavy atom. The van der Waals surface area contributed by atoms with E-state index in [2.05, 4.69) is 24.9 Å². The van der Waals surface area contributed by atoms with E-state index in [1.54, 1.807) is 41.5 Å². The van der Waals surface area contributed by atoms with E-state index >= 15 is 0 Å². The van der Waals surface area contributed by atoms with E-state index in [1.165, 1.54) is 43.0 Å². The van der Waals surface area contributed by atoms with Gasteiger partial charge >= 0.3 is 0 Å². The number of hydrazine groups is 1. The highest BCUT2D eigenvalue weighted by atomic mass is 35.5. The normalized spacial score (nSPS) is 16.1. The Labute approximate surface area is 340 Å². The second kappa shape index (κ2) is 15.1. The summed E-state index contributed by atoms with van der Waals surface area (Å²) < 4.78 is 0. The predicted molar refractivity (Wildman–Crippen MR) is 209 cm³/mol. The van der Waals surface area contributed by atoms with Crippen molar-refractivity contribution in [3.8, 4) is 0 Å². The lowest BCUT2D eigenvalue weighted by atomic mass is 9.82. The number of rotatable bonds is 1. The van der Waals surface area contributed by atoms with Crippen molar-refractivity contribution in [3.05, 3.63) is 167 Å². The number of fused-ring (bicyclic) bond motifs is 5. The van der Waals surface area contributed by atoms with Crippen LogP contribution in [0.15, 0.2) is 84.9 Å². The number of halogens is 3. The molecule has 0 aromatic carbocycles. The molecule has 0 amide bonds. The third-order valence-corrected chi connectivity index (χ3v) is 10.4. The number of hydrogen-bond donors (Lipinski definition) is 0. The molecule has 1 aliphatic heterocycles. The number of ketones is 6. The zero-order valence-electron chi connectivity index (χ0n) is 30.7. The fraction of sp³-hybridized carbons (Fsp3) is 0.146. The van der Waals surface area contributed by atoms with E-state index in [1.807, 2.05) is 34.0 Å². The number of aryl methyl sites for hydroxylation is 2. The van der Waals surface area contributed by atoms with E-state index in [0.29, 0.717) is 28.0 Å². The highest BCUT2D eigenvalue weighted by Crippen LogP contribution is 2.38. The minimum atomic E-state index is -0.349. The van der Waals surface area contributed by atoms with Gasteiger partial charge < -0.3 is 0 Å². The standard InChI is InChI=1S/C15H14ClN3O2.2C13H7ClN2O2/c1-8-5-7-19(18(2)3)13-10(8)14(20)12-11(15(13)21)9(16)4-6-17-12;1-6-2-4-15-10-8(6)12(17)11-9(13(10)18)7(14)3-5-16-11;1-6-4-7-10(16-5-6)13(18)9-8(14)2-3-15-11(9)12(7)17/h4-8H,1-3H3;2*2-5H,1H3. The molecule has 0 radical (unpaired) electrons. The maximum Gasteiger partial charge on any atom is 0.215 e. The van der Waals surface area contributed by atoms with Crippen LogP contribution in [-0.2, 0) is 0 Å². The topological polar surface area (TPSA) is 173 Å². The van der Waals surface area contributed by atoms with Gasteiger partial charge in [0.05, 0.1) is 42.9 Å². The summed E-state index contributed by atoms with van der Waals surface area (Å²) in [4.78, 5) is 94.7. The van der Waals surface area contributed by atoms with Gasteiger partial charge in [0.15, 0.2) is 0 Å². The minimum absolute atomic E-state index is 0.104. The van der Waals surface area contributed by atoms with Gasteiger partial charge in [0.25, 0.3) is 0 Å². The molecule has 0 spiro atoms. The molecule has 0 bridgehead atoms. The molecule has 1 unspecified atom stereocenters. The molecule has 1 atom stereocenters. The van der Waals surface area contributed by atoms with Gasteiger partial charge in [-0.25, -0.2) is 5.01 Å². The molecule has 0 saturated carbocycles. The molecule has 0 fully saturated rings. The Balaban J connectivity index is 0.000000131. The fourth-order valence-electron chi connectivity index (χ4n) is 6.74. The first-order valence-corrected chi connectivity index (χ1v) is 18.3. The van der Waals surface area contributed by atoms with Gasteiger partial charge in [-0.2, -0.15) is 0 Å². The highest BCUT2D eigenvalue weighted by molar-refractivity contribution is 6.40. The summed E-state index contributed by atoms with van der Waals surface area (Å²) in [6.07, 6.45) is 11.0. The van der Waals surface area contributed by atoms with Crippen LogP contribution in [0.2, 0.25) is 15.1 Å². The van der Waals surface area contributed by atoms with Crippen molar-refractivity contribution in [2.45, 2.75) is 20.8 Å². The van der Waals surface area contributed by atoms with Crippen LogP contribution in [0.5, 0.6) is 0 Å². The van der Waals surface area contributed by atoms with Crippen molar-refractivity contribution in [3.63, 3.8) is 0 Å². The zero-order chi connectivity index (χ0) is 41.0. The van der Waals surface area contributed by atoms with E-state index in [9.17, 15) is 28.8 Å². The molecule has 0 saturated heterocycles. The molecule has 57 heavy (non-hydrogen) atoms. The second-order valence-corrected chi connectivity index (χ2v) is 14.6. The molecule has 6 heterocycles. The fourth-order valence-corrected chi connectivity index (χ4v) is 7.44. The average molecular weight is 821 g/mol. The summed E-state index contributed by atoms with van der Waals surface area (Å²) in [7, 11) is 3.62. The average Bonchev–Trinajstić information content (AvgIpc) is 3.18. The van der Waals surface area contributed by atoms with E-state index in [4.69, 9.17) is 34.8 Å². The van der Waals surface area contributed by atoms with Crippen LogP contribution in [0, 0.1) is 19.8 Å². The summed E-state index contributed by atoms with van der Waals surface area (Å²) in [5, 5.41) is 4.13. The van der Waals surface area contributed by atoms with Crippen LogP contribution in [0.25, 0.3) is 0 Å². The lowest BCUT2D eigenvalue weighted by molar-refractivity contribution is 0.0780. The Kier molecular flexibility index (Phi) is 10.4. The van der Waals surface area contributed by atoms with Crippen LogP contribution in [-0.4, -0.2) is 83.7 Å². The molecule has 9 rings (SSSR count). The third-order valence-electron chi connectivity index (χ3n) is 9.46. The number of aromatic nitrogens is 5. The smallest absolute Gasteiger partial charge is 0.215 e. The van der Waals surface area contributed by atoms with E-state index in [-0.39, 0.29) is 101 Å². The molecule has 4 aliphatic rings. The summed E-state index contributed by atoms with van der Waals surface area (Å²) in [5.41, 5.74) is 4.13. The summed E-state index contributed by atoms with van der Waals surface area (Å²) >= 11 is 18.0. The number of allylic oxidation sites excluding steroid dienone is 3. The van der Waals surface area contributed by atoms with Gasteiger partial charge in [0, 0.05) is 62.8 Å². The molecule has 284 valence electrons. The summed E-state index contributed by atoms with van der Waals surface area (Å²) in [5.74, 6) is -1.93. The maximum atomic E-state index is 12.8. The second-order valence-electron chi connectivity index (χ2n) is 13.4. The first-order chi connectivity index (χ1) is 27.1. The molecule has 3 aliphatic carbocycles. The largest absolute Gasteiger partial charge is 0.287 e. The van der Waals surface area contributed by atoms with Crippen molar-refractivity contribution in [1.82, 2.24) is 34.9 Å². The molecule has 13 nitrogen and oxygen atoms in total. The first kappa shape index (κ1) is 39.1. The van der Waals surface area contributed by atoms with Gasteiger partial charge in [-0.3, -0.25) is 58.7 Å². The Morgan fingerprint density at radius 2 is 1.04 bits per heavy atom. The molecular formula is C41H28Cl3N7O6. The SMILES string of the molecule is CC1C=CN(N(C)C)C2=C1C(=O)c1nccc(Cl)c1C2=O.Cc1ccnc2c1C(=O)c1nccc(Cl)c1C2=O.Cc1cnc2c(c1)C(=O)c1nccc(Cl)c1C2=O. The molecule has 5 aromatic rings. The van der Waals surface area contributed by atoms with Crippen LogP contribution >= 0.6 is 34.8 Å². The first-order valence-electron chi connectivity index (χ1n) is 17.2. The number of carbonyl (C=O) groups excluding carboxylic acids is 6. The molecule has 5 aromatic heterocycles. The maximum absolute atomic E-state index is 12.8. The Bertz CT molecular complexity index is 2660. The number of pyridine rings is 5. The van der Waals surface area contributed by atoms with Crippen LogP contribution in [0.1, 0.15) is 103 Å². The van der Waals surface area contributed by atoms with Crippen molar-refractivity contribution < 1.29 is 28.8 Å². The van der Waals surface area contributed by atoms with Gasteiger partial charge in [0.2, 0.25) is 34.7 Å². The molecule has 16 heteroatoms. The number of Topliss-reactive ketones (excluding diaryl/α,β-unsaturated/α-hetero) is 2. The van der Waals surface area contributed by atoms with Gasteiger partial charge in [0.1, 0.15) is 34.2 Å². The molecular weight excluding hydrogens is 793 g/mol. The van der Waals surface area contributed by atoms with Crippen LogP contribution in [0.3, 0.4) is 0 Å². The Morgan fingerprint density at radius 1 is 0.579 bits per heavy atom. The predicted octanol–water partition coefficient (Wildman–Crippen LogP) is 6.74. The third kappa shape index (κ3) is 6.57. The van der Waals surface area contributed by atoms with Gasteiger partial charge in [-0.05, 0) is 55.3 Å². The zero-order valence-corrected chi connectivity index (χ0v) is 33.0. The van der Waals surface area contributed by atoms with Crippen LogP contribution in [0.4, 0.5) is 0 Å².